The first kappa shape index (κ1) is 13.3. The monoisotopic (exact) mass is 293 g/mol. The number of hydrogen-bond donors (Lipinski definition) is 0. The maximum atomic E-state index is 4.52. The maximum absolute atomic E-state index is 4.52. The molecule has 1 aliphatic rings. The molecule has 0 bridgehead atoms. The van der Waals surface area contributed by atoms with Crippen LogP contribution >= 0.6 is 0 Å². The van der Waals surface area contributed by atoms with Crippen LogP contribution in [0.2, 0.25) is 0 Å². The summed E-state index contributed by atoms with van der Waals surface area (Å²) < 4.78 is 0. The number of anilines is 1. The van der Waals surface area contributed by atoms with Crippen molar-refractivity contribution >= 4 is 16.7 Å². The van der Waals surface area contributed by atoms with Crippen molar-refractivity contribution in [1.29, 1.82) is 0 Å². The Morgan fingerprint density at radius 3 is 1.86 bits per heavy atom. The van der Waals surface area contributed by atoms with Crippen molar-refractivity contribution in [3.8, 4) is 5.69 Å². The zero-order valence-corrected chi connectivity index (χ0v) is 12.7. The van der Waals surface area contributed by atoms with Crippen molar-refractivity contribution in [3.63, 3.8) is 0 Å². The van der Waals surface area contributed by atoms with Crippen LogP contribution in [0.1, 0.15) is 0 Å². The van der Waals surface area contributed by atoms with Gasteiger partial charge in [-0.25, -0.2) is 0 Å². The molecule has 3 aromatic rings. The zero-order valence-electron chi connectivity index (χ0n) is 12.7. The van der Waals surface area contributed by atoms with Gasteiger partial charge in [-0.05, 0) is 43.4 Å². The molecule has 5 heteroatoms. The van der Waals surface area contributed by atoms with Gasteiger partial charge in [-0.1, -0.05) is 12.1 Å². The van der Waals surface area contributed by atoms with Crippen LogP contribution in [-0.4, -0.2) is 53.1 Å². The second kappa shape index (κ2) is 5.42. The SMILES string of the molecule is CN1CCN(c2ccc(-n3nc4ccccc4n3)cc2)CC1. The van der Waals surface area contributed by atoms with Crippen LogP contribution in [0.5, 0.6) is 0 Å². The minimum atomic E-state index is 0.922. The third kappa shape index (κ3) is 2.44. The lowest BCUT2D eigenvalue weighted by Gasteiger charge is -2.34. The molecule has 1 saturated heterocycles. The Balaban J connectivity index is 1.58. The number of nitrogens with zero attached hydrogens (tertiary/aromatic N) is 5. The summed E-state index contributed by atoms with van der Waals surface area (Å²) in [5.74, 6) is 0. The Kier molecular flexibility index (Phi) is 3.27. The molecule has 1 fully saturated rings. The summed E-state index contributed by atoms with van der Waals surface area (Å²) in [7, 11) is 2.18. The minimum Gasteiger partial charge on any atom is -0.369 e. The quantitative estimate of drug-likeness (QED) is 0.726. The van der Waals surface area contributed by atoms with Crippen LogP contribution in [0.25, 0.3) is 16.7 Å². The molecule has 0 N–H and O–H groups in total. The van der Waals surface area contributed by atoms with Gasteiger partial charge in [0, 0.05) is 31.9 Å². The molecule has 1 aliphatic heterocycles. The fraction of sp³-hybridized carbons (Fsp3) is 0.294. The number of aromatic nitrogens is 3. The molecule has 0 amide bonds. The Labute approximate surface area is 129 Å². The van der Waals surface area contributed by atoms with Crippen molar-refractivity contribution < 1.29 is 0 Å². The lowest BCUT2D eigenvalue weighted by atomic mass is 10.2. The van der Waals surface area contributed by atoms with E-state index in [4.69, 9.17) is 0 Å². The third-order valence-electron chi connectivity index (χ3n) is 4.24. The molecule has 0 saturated carbocycles. The molecule has 1 aromatic heterocycles. The number of piperazine rings is 1. The van der Waals surface area contributed by atoms with E-state index in [1.807, 2.05) is 24.3 Å². The van der Waals surface area contributed by atoms with Gasteiger partial charge in [0.15, 0.2) is 0 Å². The Morgan fingerprint density at radius 1 is 0.727 bits per heavy atom. The molecule has 2 aromatic carbocycles. The van der Waals surface area contributed by atoms with E-state index in [1.165, 1.54) is 5.69 Å². The topological polar surface area (TPSA) is 37.2 Å². The van der Waals surface area contributed by atoms with Gasteiger partial charge in [-0.3, -0.25) is 0 Å². The predicted octanol–water partition coefficient (Wildman–Crippen LogP) is 2.17. The molecule has 0 aliphatic carbocycles. The predicted molar refractivity (Wildman–Crippen MR) is 88.6 cm³/mol. The van der Waals surface area contributed by atoms with E-state index in [0.29, 0.717) is 0 Å². The van der Waals surface area contributed by atoms with Crippen LogP contribution in [0.4, 0.5) is 5.69 Å². The highest BCUT2D eigenvalue weighted by molar-refractivity contribution is 5.73. The minimum absolute atomic E-state index is 0.922. The molecular weight excluding hydrogens is 274 g/mol. The van der Waals surface area contributed by atoms with Crippen molar-refractivity contribution in [3.05, 3.63) is 48.5 Å². The lowest BCUT2D eigenvalue weighted by molar-refractivity contribution is 0.313. The zero-order chi connectivity index (χ0) is 14.9. The second-order valence-corrected chi connectivity index (χ2v) is 5.78. The highest BCUT2D eigenvalue weighted by atomic mass is 15.5. The first-order valence-electron chi connectivity index (χ1n) is 7.66. The molecule has 4 rings (SSSR count). The smallest absolute Gasteiger partial charge is 0.113 e. The van der Waals surface area contributed by atoms with Gasteiger partial charge < -0.3 is 9.80 Å². The van der Waals surface area contributed by atoms with Crippen LogP contribution in [-0.2, 0) is 0 Å². The van der Waals surface area contributed by atoms with Gasteiger partial charge in [0.1, 0.15) is 11.0 Å². The van der Waals surface area contributed by atoms with E-state index in [9.17, 15) is 0 Å². The highest BCUT2D eigenvalue weighted by Crippen LogP contribution is 2.19. The van der Waals surface area contributed by atoms with Crippen molar-refractivity contribution in [1.82, 2.24) is 19.9 Å². The molecular formula is C17H19N5. The summed E-state index contributed by atoms with van der Waals surface area (Å²) in [6.07, 6.45) is 0. The number of rotatable bonds is 2. The molecule has 0 spiro atoms. The third-order valence-corrected chi connectivity index (χ3v) is 4.24. The van der Waals surface area contributed by atoms with E-state index in [1.54, 1.807) is 4.80 Å². The van der Waals surface area contributed by atoms with Gasteiger partial charge in [0.25, 0.3) is 0 Å². The van der Waals surface area contributed by atoms with Crippen molar-refractivity contribution in [2.75, 3.05) is 38.1 Å². The normalized spacial score (nSPS) is 16.3. The first-order valence-corrected chi connectivity index (χ1v) is 7.66. The Hall–Kier alpha value is -2.40. The standard InChI is InChI=1S/C17H19N5/c1-20-10-12-21(13-11-20)14-6-8-15(9-7-14)22-18-16-4-2-3-5-17(16)19-22/h2-9H,10-13H2,1H3. The van der Waals surface area contributed by atoms with E-state index in [-0.39, 0.29) is 0 Å². The molecule has 22 heavy (non-hydrogen) atoms. The molecule has 5 nitrogen and oxygen atoms in total. The highest BCUT2D eigenvalue weighted by Gasteiger charge is 2.14. The summed E-state index contributed by atoms with van der Waals surface area (Å²) in [5, 5.41) is 9.04. The molecule has 0 unspecified atom stereocenters. The molecule has 0 radical (unpaired) electrons. The van der Waals surface area contributed by atoms with Gasteiger partial charge in [-0.2, -0.15) is 4.80 Å². The number of benzene rings is 2. The van der Waals surface area contributed by atoms with Crippen molar-refractivity contribution in [2.45, 2.75) is 0 Å². The Bertz CT molecular complexity index is 736. The largest absolute Gasteiger partial charge is 0.369 e. The van der Waals surface area contributed by atoms with E-state index < -0.39 is 0 Å². The molecule has 0 atom stereocenters. The maximum Gasteiger partial charge on any atom is 0.113 e. The molecule has 112 valence electrons. The summed E-state index contributed by atoms with van der Waals surface area (Å²) in [5.41, 5.74) is 4.11. The fourth-order valence-corrected chi connectivity index (χ4v) is 2.84. The van der Waals surface area contributed by atoms with Crippen LogP contribution in [0.15, 0.2) is 48.5 Å². The fourth-order valence-electron chi connectivity index (χ4n) is 2.84. The second-order valence-electron chi connectivity index (χ2n) is 5.78. The Morgan fingerprint density at radius 2 is 1.27 bits per heavy atom. The van der Waals surface area contributed by atoms with Crippen LogP contribution in [0, 0.1) is 0 Å². The van der Waals surface area contributed by atoms with Gasteiger partial charge in [0.05, 0.1) is 5.69 Å². The summed E-state index contributed by atoms with van der Waals surface area (Å²) in [6, 6.07) is 16.4. The van der Waals surface area contributed by atoms with E-state index in [0.717, 1.165) is 42.9 Å². The summed E-state index contributed by atoms with van der Waals surface area (Å²) in [4.78, 5) is 6.50. The lowest BCUT2D eigenvalue weighted by Crippen LogP contribution is -2.44. The number of hydrogen-bond acceptors (Lipinski definition) is 4. The first-order chi connectivity index (χ1) is 10.8. The van der Waals surface area contributed by atoms with Gasteiger partial charge in [-0.15, -0.1) is 10.2 Å². The van der Waals surface area contributed by atoms with Gasteiger partial charge in [0.2, 0.25) is 0 Å². The van der Waals surface area contributed by atoms with Crippen LogP contribution < -0.4 is 4.90 Å². The number of fused-ring (bicyclic) bond motifs is 1. The van der Waals surface area contributed by atoms with Gasteiger partial charge >= 0.3 is 0 Å². The van der Waals surface area contributed by atoms with Crippen molar-refractivity contribution in [2.24, 2.45) is 0 Å². The molecule has 2 heterocycles. The average Bonchev–Trinajstić information content (AvgIpc) is 3.00. The van der Waals surface area contributed by atoms with Crippen LogP contribution in [0.3, 0.4) is 0 Å². The van der Waals surface area contributed by atoms with E-state index in [2.05, 4.69) is 51.3 Å². The number of likely N-dealkylation sites (N-methyl/N-ethyl adjacent to an activating group) is 1. The summed E-state index contributed by atoms with van der Waals surface area (Å²) in [6.45, 7) is 4.40. The average molecular weight is 293 g/mol. The summed E-state index contributed by atoms with van der Waals surface area (Å²) >= 11 is 0. The van der Waals surface area contributed by atoms with E-state index >= 15 is 0 Å².